The first kappa shape index (κ1) is 20.7. The number of amides is 1. The van der Waals surface area contributed by atoms with Crippen molar-refractivity contribution in [2.45, 2.75) is 13.3 Å². The second-order valence-corrected chi connectivity index (χ2v) is 7.08. The molecule has 31 heavy (non-hydrogen) atoms. The number of pyridine rings is 2. The van der Waals surface area contributed by atoms with Crippen LogP contribution in [-0.4, -0.2) is 58.8 Å². The summed E-state index contributed by atoms with van der Waals surface area (Å²) in [6, 6.07) is 11.0. The van der Waals surface area contributed by atoms with Gasteiger partial charge in [-0.3, -0.25) is 9.78 Å². The molecule has 0 spiro atoms. The Kier molecular flexibility index (Phi) is 6.63. The highest BCUT2D eigenvalue weighted by Gasteiger charge is 2.19. The minimum Gasteiger partial charge on any atom is -0.477 e. The number of rotatable bonds is 7. The summed E-state index contributed by atoms with van der Waals surface area (Å²) in [6.45, 7) is 4.80. The van der Waals surface area contributed by atoms with Crippen molar-refractivity contribution >= 4 is 17.7 Å². The highest BCUT2D eigenvalue weighted by atomic mass is 16.5. The van der Waals surface area contributed by atoms with E-state index in [1.54, 1.807) is 24.5 Å². The molecule has 1 saturated heterocycles. The smallest absolute Gasteiger partial charge is 0.275 e. The summed E-state index contributed by atoms with van der Waals surface area (Å²) in [6.07, 6.45) is 4.03. The van der Waals surface area contributed by atoms with E-state index in [2.05, 4.69) is 25.3 Å². The minimum atomic E-state index is -0.371. The fourth-order valence-corrected chi connectivity index (χ4v) is 3.10. The summed E-state index contributed by atoms with van der Waals surface area (Å²) < 4.78 is 11.3. The molecule has 1 fully saturated rings. The molecule has 0 saturated carbocycles. The number of carbonyl (C=O) groups excluding carboxylic acids is 1. The van der Waals surface area contributed by atoms with Gasteiger partial charge in [-0.05, 0) is 36.8 Å². The lowest BCUT2D eigenvalue weighted by atomic mass is 10.3. The van der Waals surface area contributed by atoms with Crippen molar-refractivity contribution in [3.05, 3.63) is 65.7 Å². The second kappa shape index (κ2) is 9.94. The maximum absolute atomic E-state index is 12.9. The van der Waals surface area contributed by atoms with E-state index < -0.39 is 0 Å². The van der Waals surface area contributed by atoms with Gasteiger partial charge in [-0.25, -0.2) is 9.97 Å². The quantitative estimate of drug-likeness (QED) is 0.621. The van der Waals surface area contributed by atoms with Gasteiger partial charge in [-0.2, -0.15) is 4.98 Å². The first-order valence-electron chi connectivity index (χ1n) is 10.2. The van der Waals surface area contributed by atoms with Crippen LogP contribution < -0.4 is 15.0 Å². The third-order valence-corrected chi connectivity index (χ3v) is 4.71. The van der Waals surface area contributed by atoms with Crippen molar-refractivity contribution in [1.29, 1.82) is 0 Å². The molecule has 1 aliphatic rings. The summed E-state index contributed by atoms with van der Waals surface area (Å²) in [5.74, 6) is 0.884. The molecule has 0 unspecified atom stereocenters. The van der Waals surface area contributed by atoms with E-state index in [1.807, 2.05) is 36.1 Å². The molecular formula is C22H24N6O3. The number of nitrogens with zero attached hydrogens (tertiary/aromatic N) is 5. The number of carbonyl (C=O) groups is 1. The lowest BCUT2D eigenvalue weighted by Gasteiger charge is -2.27. The SMILES string of the molecule is Cc1ccnc(NC(=O)c2cc(OCCc3ccccn3)nc(N3CCOCC3)n2)c1. The number of aryl methyl sites for hydroxylation is 1. The highest BCUT2D eigenvalue weighted by Crippen LogP contribution is 2.18. The average Bonchev–Trinajstić information content (AvgIpc) is 2.80. The standard InChI is InChI=1S/C22H24N6O3/c1-16-5-8-24-19(14-16)26-21(29)18-15-20(31-11-6-17-4-2-3-7-23-17)27-22(25-18)28-9-12-30-13-10-28/h2-5,7-8,14-15H,6,9-13H2,1H3,(H,24,26,29). The van der Waals surface area contributed by atoms with Crippen LogP contribution >= 0.6 is 0 Å². The normalized spacial score (nSPS) is 13.6. The minimum absolute atomic E-state index is 0.215. The molecule has 9 nitrogen and oxygen atoms in total. The van der Waals surface area contributed by atoms with Gasteiger partial charge in [0.25, 0.3) is 5.91 Å². The third kappa shape index (κ3) is 5.73. The van der Waals surface area contributed by atoms with Crippen LogP contribution in [0.25, 0.3) is 0 Å². The van der Waals surface area contributed by atoms with Gasteiger partial charge in [0, 0.05) is 43.7 Å². The van der Waals surface area contributed by atoms with E-state index in [4.69, 9.17) is 9.47 Å². The van der Waals surface area contributed by atoms with Gasteiger partial charge in [0.05, 0.1) is 19.8 Å². The van der Waals surface area contributed by atoms with Gasteiger partial charge in [0.1, 0.15) is 11.5 Å². The molecule has 4 rings (SSSR count). The van der Waals surface area contributed by atoms with Crippen molar-refractivity contribution in [2.24, 2.45) is 0 Å². The molecule has 0 aliphatic carbocycles. The fourth-order valence-electron chi connectivity index (χ4n) is 3.10. The van der Waals surface area contributed by atoms with Crippen molar-refractivity contribution in [2.75, 3.05) is 43.1 Å². The topological polar surface area (TPSA) is 102 Å². The molecule has 0 atom stereocenters. The number of hydrogen-bond acceptors (Lipinski definition) is 8. The summed E-state index contributed by atoms with van der Waals surface area (Å²) in [5, 5.41) is 2.79. The number of ether oxygens (including phenoxy) is 2. The zero-order chi connectivity index (χ0) is 21.5. The van der Waals surface area contributed by atoms with Gasteiger partial charge in [-0.1, -0.05) is 6.07 Å². The predicted molar refractivity (Wildman–Crippen MR) is 115 cm³/mol. The molecule has 3 aromatic rings. The Labute approximate surface area is 180 Å². The Bertz CT molecular complexity index is 1020. The van der Waals surface area contributed by atoms with Crippen molar-refractivity contribution in [3.63, 3.8) is 0 Å². The summed E-state index contributed by atoms with van der Waals surface area (Å²) in [4.78, 5) is 32.3. The molecule has 0 bridgehead atoms. The molecule has 3 aromatic heterocycles. The Morgan fingerprint density at radius 2 is 2.00 bits per heavy atom. The van der Waals surface area contributed by atoms with Crippen LogP contribution in [-0.2, 0) is 11.2 Å². The maximum Gasteiger partial charge on any atom is 0.275 e. The maximum atomic E-state index is 12.9. The molecule has 0 radical (unpaired) electrons. The number of hydrogen-bond donors (Lipinski definition) is 1. The summed E-state index contributed by atoms with van der Waals surface area (Å²) in [5.41, 5.74) is 2.14. The van der Waals surface area contributed by atoms with Crippen molar-refractivity contribution in [1.82, 2.24) is 19.9 Å². The molecule has 160 valence electrons. The molecule has 1 N–H and O–H groups in total. The number of nitrogens with one attached hydrogen (secondary N) is 1. The van der Waals surface area contributed by atoms with Crippen LogP contribution in [0.4, 0.5) is 11.8 Å². The molecule has 9 heteroatoms. The van der Waals surface area contributed by atoms with Crippen LogP contribution in [0.2, 0.25) is 0 Å². The Hall–Kier alpha value is -3.59. The van der Waals surface area contributed by atoms with Gasteiger partial charge < -0.3 is 19.7 Å². The zero-order valence-electron chi connectivity index (χ0n) is 17.3. The van der Waals surface area contributed by atoms with Crippen LogP contribution in [0.5, 0.6) is 5.88 Å². The summed E-state index contributed by atoms with van der Waals surface area (Å²) >= 11 is 0. The number of anilines is 2. The van der Waals surface area contributed by atoms with Crippen molar-refractivity contribution < 1.29 is 14.3 Å². The average molecular weight is 420 g/mol. The van der Waals surface area contributed by atoms with Gasteiger partial charge >= 0.3 is 0 Å². The van der Waals surface area contributed by atoms with E-state index in [0.717, 1.165) is 11.3 Å². The Balaban J connectivity index is 1.52. The second-order valence-electron chi connectivity index (χ2n) is 7.08. The monoisotopic (exact) mass is 420 g/mol. The predicted octanol–water partition coefficient (Wildman–Crippen LogP) is 2.29. The zero-order valence-corrected chi connectivity index (χ0v) is 17.3. The molecule has 0 aromatic carbocycles. The Morgan fingerprint density at radius 1 is 1.13 bits per heavy atom. The first-order chi connectivity index (χ1) is 15.2. The molecule has 1 amide bonds. The first-order valence-corrected chi connectivity index (χ1v) is 10.2. The molecular weight excluding hydrogens is 396 g/mol. The number of morpholine rings is 1. The largest absolute Gasteiger partial charge is 0.477 e. The lowest BCUT2D eigenvalue weighted by molar-refractivity contribution is 0.102. The molecule has 4 heterocycles. The lowest BCUT2D eigenvalue weighted by Crippen LogP contribution is -2.37. The van der Waals surface area contributed by atoms with Crippen molar-refractivity contribution in [3.8, 4) is 5.88 Å². The van der Waals surface area contributed by atoms with Crippen LogP contribution in [0.3, 0.4) is 0 Å². The van der Waals surface area contributed by atoms with Gasteiger partial charge in [0.15, 0.2) is 0 Å². The van der Waals surface area contributed by atoms with Crippen LogP contribution in [0.1, 0.15) is 21.7 Å². The number of aromatic nitrogens is 4. The van der Waals surface area contributed by atoms with E-state index >= 15 is 0 Å². The van der Waals surface area contributed by atoms with E-state index in [-0.39, 0.29) is 11.6 Å². The van der Waals surface area contributed by atoms with Crippen LogP contribution in [0, 0.1) is 6.92 Å². The molecule has 1 aliphatic heterocycles. The fraction of sp³-hybridized carbons (Fsp3) is 0.318. The Morgan fingerprint density at radius 3 is 2.77 bits per heavy atom. The third-order valence-electron chi connectivity index (χ3n) is 4.71. The summed E-state index contributed by atoms with van der Waals surface area (Å²) in [7, 11) is 0. The van der Waals surface area contributed by atoms with Crippen LogP contribution in [0.15, 0.2) is 48.8 Å². The van der Waals surface area contributed by atoms with Gasteiger partial charge in [-0.15, -0.1) is 0 Å². The van der Waals surface area contributed by atoms with E-state index in [0.29, 0.717) is 57.0 Å². The van der Waals surface area contributed by atoms with Gasteiger partial charge in [0.2, 0.25) is 11.8 Å². The highest BCUT2D eigenvalue weighted by molar-refractivity contribution is 6.02. The van der Waals surface area contributed by atoms with E-state index in [9.17, 15) is 4.79 Å². The van der Waals surface area contributed by atoms with E-state index in [1.165, 1.54) is 0 Å².